The number of rotatable bonds is 3. The number of hydrogen-bond donors (Lipinski definition) is 1. The number of anilines is 1. The summed E-state index contributed by atoms with van der Waals surface area (Å²) in [4.78, 5) is 2.13. The average Bonchev–Trinajstić information content (AvgIpc) is 2.39. The molecule has 0 aromatic heterocycles. The normalized spacial score (nSPS) is 24.1. The van der Waals surface area contributed by atoms with Gasteiger partial charge < -0.3 is 15.0 Å². The van der Waals surface area contributed by atoms with Crippen LogP contribution in [-0.4, -0.2) is 32.8 Å². The number of benzene rings is 1. The van der Waals surface area contributed by atoms with Crippen LogP contribution in [0.1, 0.15) is 19.8 Å². The number of ether oxygens (including phenoxy) is 1. The Bertz CT molecular complexity index is 411. The highest BCUT2D eigenvalue weighted by molar-refractivity contribution is 5.53. The van der Waals surface area contributed by atoms with Gasteiger partial charge in [-0.2, -0.15) is 0 Å². The molecular weight excluding hydrogens is 231 g/mol. The van der Waals surface area contributed by atoms with Crippen molar-refractivity contribution in [3.8, 4) is 5.75 Å². The molecule has 0 bridgehead atoms. The second kappa shape index (κ2) is 5.57. The maximum atomic E-state index is 13.9. The third-order valence-corrected chi connectivity index (χ3v) is 3.75. The first-order chi connectivity index (χ1) is 8.65. The summed E-state index contributed by atoms with van der Waals surface area (Å²) in [6, 6.07) is 5.78. The Morgan fingerprint density at radius 1 is 1.44 bits per heavy atom. The van der Waals surface area contributed by atoms with E-state index in [2.05, 4.69) is 17.1 Å². The molecule has 4 heteroatoms. The molecule has 100 valence electrons. The third-order valence-electron chi connectivity index (χ3n) is 3.75. The van der Waals surface area contributed by atoms with E-state index < -0.39 is 0 Å². The van der Waals surface area contributed by atoms with Crippen LogP contribution in [0.15, 0.2) is 18.2 Å². The first-order valence-electron chi connectivity index (χ1n) is 6.43. The second-order valence-corrected chi connectivity index (χ2v) is 4.87. The van der Waals surface area contributed by atoms with Crippen LogP contribution in [0.25, 0.3) is 0 Å². The molecule has 0 aliphatic carbocycles. The molecule has 1 saturated heterocycles. The van der Waals surface area contributed by atoms with E-state index in [0.717, 1.165) is 19.4 Å². The molecule has 1 aromatic rings. The highest BCUT2D eigenvalue weighted by Crippen LogP contribution is 2.30. The van der Waals surface area contributed by atoms with Crippen LogP contribution in [0.4, 0.5) is 10.1 Å². The fourth-order valence-corrected chi connectivity index (χ4v) is 2.63. The van der Waals surface area contributed by atoms with Gasteiger partial charge in [-0.05, 0) is 38.9 Å². The van der Waals surface area contributed by atoms with Gasteiger partial charge in [-0.25, -0.2) is 4.39 Å². The number of piperidine rings is 1. The molecule has 1 aliphatic heterocycles. The fourth-order valence-electron chi connectivity index (χ4n) is 2.63. The molecule has 1 aliphatic rings. The van der Waals surface area contributed by atoms with Crippen molar-refractivity contribution in [1.29, 1.82) is 0 Å². The Morgan fingerprint density at radius 3 is 2.83 bits per heavy atom. The van der Waals surface area contributed by atoms with Crippen LogP contribution in [0.2, 0.25) is 0 Å². The first-order valence-corrected chi connectivity index (χ1v) is 6.43. The van der Waals surface area contributed by atoms with Crippen LogP contribution < -0.4 is 15.0 Å². The van der Waals surface area contributed by atoms with Gasteiger partial charge in [0.25, 0.3) is 0 Å². The highest BCUT2D eigenvalue weighted by Gasteiger charge is 2.26. The van der Waals surface area contributed by atoms with Crippen LogP contribution >= 0.6 is 0 Å². The lowest BCUT2D eigenvalue weighted by atomic mass is 9.97. The summed E-state index contributed by atoms with van der Waals surface area (Å²) < 4.78 is 19.1. The van der Waals surface area contributed by atoms with Crippen LogP contribution in [-0.2, 0) is 0 Å². The minimum Gasteiger partial charge on any atom is -0.497 e. The Morgan fingerprint density at radius 2 is 2.22 bits per heavy atom. The zero-order chi connectivity index (χ0) is 13.1. The highest BCUT2D eigenvalue weighted by atomic mass is 19.1. The quantitative estimate of drug-likeness (QED) is 0.894. The molecular formula is C14H21FN2O. The number of halogens is 1. The summed E-state index contributed by atoms with van der Waals surface area (Å²) in [6.07, 6.45) is 2.07. The molecule has 2 unspecified atom stereocenters. The Labute approximate surface area is 108 Å². The molecule has 1 N–H and O–H groups in total. The van der Waals surface area contributed by atoms with E-state index >= 15 is 0 Å². The largest absolute Gasteiger partial charge is 0.497 e. The molecule has 2 atom stereocenters. The predicted octanol–water partition coefficient (Wildman–Crippen LogP) is 2.41. The van der Waals surface area contributed by atoms with E-state index in [1.807, 2.05) is 7.05 Å². The molecule has 0 amide bonds. The maximum Gasteiger partial charge on any atom is 0.146 e. The smallest absolute Gasteiger partial charge is 0.146 e. The number of nitrogens with one attached hydrogen (secondary N) is 1. The molecule has 1 fully saturated rings. The summed E-state index contributed by atoms with van der Waals surface area (Å²) in [7, 11) is 3.59. The van der Waals surface area contributed by atoms with Gasteiger partial charge >= 0.3 is 0 Å². The lowest BCUT2D eigenvalue weighted by Crippen LogP contribution is -2.47. The molecule has 2 rings (SSSR count). The van der Waals surface area contributed by atoms with Crippen molar-refractivity contribution in [3.63, 3.8) is 0 Å². The third kappa shape index (κ3) is 2.58. The maximum absolute atomic E-state index is 13.9. The van der Waals surface area contributed by atoms with Crippen molar-refractivity contribution in [1.82, 2.24) is 5.32 Å². The monoisotopic (exact) mass is 252 g/mol. The van der Waals surface area contributed by atoms with E-state index in [1.165, 1.54) is 6.07 Å². The zero-order valence-corrected chi connectivity index (χ0v) is 11.2. The molecule has 1 aromatic carbocycles. The number of hydrogen-bond acceptors (Lipinski definition) is 3. The summed E-state index contributed by atoms with van der Waals surface area (Å²) >= 11 is 0. The Balaban J connectivity index is 2.21. The number of nitrogens with zero attached hydrogens (tertiary/aromatic N) is 1. The molecule has 18 heavy (non-hydrogen) atoms. The Hall–Kier alpha value is -1.29. The van der Waals surface area contributed by atoms with Crippen molar-refractivity contribution in [2.24, 2.45) is 0 Å². The molecule has 0 spiro atoms. The van der Waals surface area contributed by atoms with E-state index in [4.69, 9.17) is 4.74 Å². The summed E-state index contributed by atoms with van der Waals surface area (Å²) in [6.45, 7) is 3.01. The van der Waals surface area contributed by atoms with Crippen LogP contribution in [0.3, 0.4) is 0 Å². The van der Waals surface area contributed by atoms with Crippen molar-refractivity contribution in [3.05, 3.63) is 24.0 Å². The van der Waals surface area contributed by atoms with Gasteiger partial charge in [0.05, 0.1) is 12.8 Å². The lowest BCUT2D eigenvalue weighted by molar-refractivity contribution is 0.382. The first kappa shape index (κ1) is 13.1. The number of methoxy groups -OCH3 is 1. The van der Waals surface area contributed by atoms with Crippen molar-refractivity contribution in [2.75, 3.05) is 25.6 Å². The van der Waals surface area contributed by atoms with Crippen molar-refractivity contribution >= 4 is 5.69 Å². The minimum absolute atomic E-state index is 0.175. The van der Waals surface area contributed by atoms with Gasteiger partial charge in [0, 0.05) is 24.7 Å². The van der Waals surface area contributed by atoms with Crippen molar-refractivity contribution in [2.45, 2.75) is 31.8 Å². The lowest BCUT2D eigenvalue weighted by Gasteiger charge is -2.39. The average molecular weight is 252 g/mol. The SMILES string of the molecule is CNC1CCN(c2cc(OC)ccc2F)C(C)C1. The van der Waals surface area contributed by atoms with E-state index in [1.54, 1.807) is 19.2 Å². The molecule has 0 radical (unpaired) electrons. The summed E-state index contributed by atoms with van der Waals surface area (Å²) in [5.41, 5.74) is 0.649. The van der Waals surface area contributed by atoms with E-state index in [0.29, 0.717) is 23.5 Å². The fraction of sp³-hybridized carbons (Fsp3) is 0.571. The van der Waals surface area contributed by atoms with Crippen LogP contribution in [0, 0.1) is 5.82 Å². The van der Waals surface area contributed by atoms with Gasteiger partial charge in [0.2, 0.25) is 0 Å². The van der Waals surface area contributed by atoms with E-state index in [9.17, 15) is 4.39 Å². The Kier molecular flexibility index (Phi) is 4.07. The minimum atomic E-state index is -0.175. The standard InChI is InChI=1S/C14H21FN2O/c1-10-8-11(16-2)6-7-17(10)14-9-12(18-3)4-5-13(14)15/h4-5,9-11,16H,6-8H2,1-3H3. The van der Waals surface area contributed by atoms with Gasteiger partial charge in [0.1, 0.15) is 11.6 Å². The zero-order valence-electron chi connectivity index (χ0n) is 11.2. The predicted molar refractivity (Wildman–Crippen MR) is 71.8 cm³/mol. The van der Waals surface area contributed by atoms with Gasteiger partial charge in [-0.1, -0.05) is 0 Å². The van der Waals surface area contributed by atoms with Gasteiger partial charge in [0.15, 0.2) is 0 Å². The second-order valence-electron chi connectivity index (χ2n) is 4.87. The van der Waals surface area contributed by atoms with Gasteiger partial charge in [-0.15, -0.1) is 0 Å². The topological polar surface area (TPSA) is 24.5 Å². The van der Waals surface area contributed by atoms with Crippen molar-refractivity contribution < 1.29 is 9.13 Å². The summed E-state index contributed by atoms with van der Waals surface area (Å²) in [5, 5.41) is 3.30. The molecule has 1 heterocycles. The van der Waals surface area contributed by atoms with Crippen LogP contribution in [0.5, 0.6) is 5.75 Å². The van der Waals surface area contributed by atoms with E-state index in [-0.39, 0.29) is 5.82 Å². The molecule has 3 nitrogen and oxygen atoms in total. The molecule has 0 saturated carbocycles. The van der Waals surface area contributed by atoms with Gasteiger partial charge in [-0.3, -0.25) is 0 Å². The summed E-state index contributed by atoms with van der Waals surface area (Å²) in [5.74, 6) is 0.528.